The number of nitrogens with zero attached hydrogens (tertiary/aromatic N) is 2. The fourth-order valence-electron chi connectivity index (χ4n) is 1.10. The minimum atomic E-state index is -0.802. The Morgan fingerprint density at radius 2 is 2.00 bits per heavy atom. The molecule has 0 spiro atoms. The van der Waals surface area contributed by atoms with E-state index < -0.39 is 11.2 Å². The van der Waals surface area contributed by atoms with E-state index in [4.69, 9.17) is 5.11 Å². The summed E-state index contributed by atoms with van der Waals surface area (Å²) in [6.07, 6.45) is 3.39. The fraction of sp³-hybridized carbons (Fsp3) is 0.500. The first-order valence-electron chi connectivity index (χ1n) is 4.80. The molecule has 0 aliphatic heterocycles. The third kappa shape index (κ3) is 3.68. The van der Waals surface area contributed by atoms with E-state index in [0.717, 1.165) is 5.03 Å². The van der Waals surface area contributed by atoms with Crippen LogP contribution in [0.2, 0.25) is 0 Å². The maximum absolute atomic E-state index is 11.0. The van der Waals surface area contributed by atoms with E-state index in [1.165, 1.54) is 29.9 Å². The van der Waals surface area contributed by atoms with E-state index in [1.807, 2.05) is 26.2 Å². The van der Waals surface area contributed by atoms with Gasteiger partial charge >= 0.3 is 5.97 Å². The van der Waals surface area contributed by atoms with Crippen LogP contribution in [-0.4, -0.2) is 32.5 Å². The Morgan fingerprint density at radius 1 is 1.38 bits per heavy atom. The maximum Gasteiger partial charge on any atom is 0.317 e. The summed E-state index contributed by atoms with van der Waals surface area (Å²) in [5, 5.41) is 10.2. The Balaban J connectivity index is 2.81. The third-order valence-electron chi connectivity index (χ3n) is 1.92. The van der Waals surface area contributed by atoms with Crippen molar-refractivity contribution in [2.45, 2.75) is 29.1 Å². The highest BCUT2D eigenvalue weighted by atomic mass is 32.2. The highest BCUT2D eigenvalue weighted by molar-refractivity contribution is 8.00. The van der Waals surface area contributed by atoms with Crippen LogP contribution in [0.5, 0.6) is 0 Å². The number of carboxylic acid groups (broad SMARTS) is 1. The summed E-state index contributed by atoms with van der Waals surface area (Å²) >= 11 is 2.79. The van der Waals surface area contributed by atoms with Crippen LogP contribution < -0.4 is 0 Å². The molecule has 0 saturated carbocycles. The SMILES string of the molecule is CSc1cc(SC(C(=O)O)C(C)C)ncn1. The van der Waals surface area contributed by atoms with Crippen molar-refractivity contribution in [3.05, 3.63) is 12.4 Å². The molecule has 6 heteroatoms. The predicted octanol–water partition coefficient (Wildman–Crippen LogP) is 2.40. The molecule has 1 aromatic rings. The number of hydrogen-bond donors (Lipinski definition) is 1. The Bertz CT molecular complexity index is 372. The first-order valence-corrected chi connectivity index (χ1v) is 6.90. The number of aliphatic carboxylic acids is 1. The van der Waals surface area contributed by atoms with Gasteiger partial charge in [-0.15, -0.1) is 11.8 Å². The van der Waals surface area contributed by atoms with Crippen LogP contribution in [0.1, 0.15) is 13.8 Å². The highest BCUT2D eigenvalue weighted by Crippen LogP contribution is 2.28. The minimum Gasteiger partial charge on any atom is -0.480 e. The molecule has 1 N–H and O–H groups in total. The van der Waals surface area contributed by atoms with Crippen molar-refractivity contribution < 1.29 is 9.90 Å². The predicted molar refractivity (Wildman–Crippen MR) is 65.9 cm³/mol. The molecule has 1 atom stereocenters. The van der Waals surface area contributed by atoms with Gasteiger partial charge in [0.25, 0.3) is 0 Å². The van der Waals surface area contributed by atoms with Crippen LogP contribution >= 0.6 is 23.5 Å². The van der Waals surface area contributed by atoms with Crippen molar-refractivity contribution in [3.8, 4) is 0 Å². The molecule has 1 aromatic heterocycles. The standard InChI is InChI=1S/C10H14N2O2S2/c1-6(2)9(10(13)14)16-8-4-7(15-3)11-5-12-8/h4-6,9H,1-3H3,(H,13,14). The van der Waals surface area contributed by atoms with Gasteiger partial charge in [-0.05, 0) is 12.2 Å². The van der Waals surface area contributed by atoms with E-state index in [0.29, 0.717) is 5.03 Å². The molecular weight excluding hydrogens is 244 g/mol. The molecule has 0 bridgehead atoms. The van der Waals surface area contributed by atoms with E-state index in [1.54, 1.807) is 0 Å². The molecule has 0 fully saturated rings. The Hall–Kier alpha value is -0.750. The first-order chi connectivity index (χ1) is 7.54. The van der Waals surface area contributed by atoms with Gasteiger partial charge in [0.1, 0.15) is 21.6 Å². The molecule has 0 amide bonds. The second kappa shape index (κ2) is 6.10. The number of carbonyl (C=O) groups is 1. The minimum absolute atomic E-state index is 0.0650. The molecule has 1 unspecified atom stereocenters. The van der Waals surface area contributed by atoms with Crippen LogP contribution in [-0.2, 0) is 4.79 Å². The molecular formula is C10H14N2O2S2. The molecule has 1 rings (SSSR count). The topological polar surface area (TPSA) is 63.1 Å². The molecule has 1 heterocycles. The highest BCUT2D eigenvalue weighted by Gasteiger charge is 2.23. The number of hydrogen-bond acceptors (Lipinski definition) is 5. The van der Waals surface area contributed by atoms with Gasteiger partial charge in [-0.1, -0.05) is 25.6 Å². The lowest BCUT2D eigenvalue weighted by Gasteiger charge is -2.14. The average molecular weight is 258 g/mol. The monoisotopic (exact) mass is 258 g/mol. The number of aromatic nitrogens is 2. The lowest BCUT2D eigenvalue weighted by Crippen LogP contribution is -2.22. The van der Waals surface area contributed by atoms with Crippen LogP contribution in [0, 0.1) is 5.92 Å². The van der Waals surface area contributed by atoms with Crippen LogP contribution in [0.4, 0.5) is 0 Å². The van der Waals surface area contributed by atoms with E-state index in [9.17, 15) is 4.79 Å². The summed E-state index contributed by atoms with van der Waals surface area (Å²) in [7, 11) is 0. The van der Waals surface area contributed by atoms with Crippen molar-refractivity contribution in [2.75, 3.05) is 6.26 Å². The van der Waals surface area contributed by atoms with Gasteiger partial charge in [-0.25, -0.2) is 9.97 Å². The van der Waals surface area contributed by atoms with E-state index in [2.05, 4.69) is 9.97 Å². The number of carboxylic acids is 1. The average Bonchev–Trinajstić information content (AvgIpc) is 2.25. The summed E-state index contributed by atoms with van der Waals surface area (Å²) in [5.41, 5.74) is 0. The zero-order chi connectivity index (χ0) is 12.1. The van der Waals surface area contributed by atoms with Crippen molar-refractivity contribution in [3.63, 3.8) is 0 Å². The van der Waals surface area contributed by atoms with Crippen LogP contribution in [0.25, 0.3) is 0 Å². The van der Waals surface area contributed by atoms with Gasteiger partial charge < -0.3 is 5.11 Å². The zero-order valence-electron chi connectivity index (χ0n) is 9.38. The Labute approximate surface area is 103 Å². The quantitative estimate of drug-likeness (QED) is 0.646. The molecule has 4 nitrogen and oxygen atoms in total. The van der Waals surface area contributed by atoms with Crippen LogP contribution in [0.15, 0.2) is 22.4 Å². The van der Waals surface area contributed by atoms with Gasteiger partial charge in [0.15, 0.2) is 0 Å². The molecule has 0 aliphatic carbocycles. The lowest BCUT2D eigenvalue weighted by atomic mass is 10.1. The first kappa shape index (κ1) is 13.3. The summed E-state index contributed by atoms with van der Waals surface area (Å²) in [6, 6.07) is 1.81. The molecule has 0 aromatic carbocycles. The molecule has 88 valence electrons. The largest absolute Gasteiger partial charge is 0.480 e. The van der Waals surface area contributed by atoms with E-state index in [-0.39, 0.29) is 5.92 Å². The van der Waals surface area contributed by atoms with Gasteiger partial charge in [-0.2, -0.15) is 0 Å². The normalized spacial score (nSPS) is 12.8. The van der Waals surface area contributed by atoms with Gasteiger partial charge in [-0.3, -0.25) is 4.79 Å². The summed E-state index contributed by atoms with van der Waals surface area (Å²) in [5.74, 6) is -0.737. The number of thioether (sulfide) groups is 2. The fourth-order valence-corrected chi connectivity index (χ4v) is 2.48. The van der Waals surface area contributed by atoms with Crippen LogP contribution in [0.3, 0.4) is 0 Å². The van der Waals surface area contributed by atoms with Crippen molar-refractivity contribution in [2.24, 2.45) is 5.92 Å². The van der Waals surface area contributed by atoms with Crippen molar-refractivity contribution >= 4 is 29.5 Å². The van der Waals surface area contributed by atoms with Gasteiger partial charge in [0, 0.05) is 6.07 Å². The second-order valence-electron chi connectivity index (χ2n) is 3.52. The van der Waals surface area contributed by atoms with Gasteiger partial charge in [0.2, 0.25) is 0 Å². The Kier molecular flexibility index (Phi) is 5.08. The molecule has 16 heavy (non-hydrogen) atoms. The molecule has 0 aliphatic rings. The van der Waals surface area contributed by atoms with Crippen molar-refractivity contribution in [1.82, 2.24) is 9.97 Å². The summed E-state index contributed by atoms with van der Waals surface area (Å²) < 4.78 is 0. The zero-order valence-corrected chi connectivity index (χ0v) is 11.0. The number of rotatable bonds is 5. The maximum atomic E-state index is 11.0. The molecule has 0 saturated heterocycles. The smallest absolute Gasteiger partial charge is 0.317 e. The molecule has 0 radical (unpaired) electrons. The summed E-state index contributed by atoms with van der Waals surface area (Å²) in [4.78, 5) is 19.1. The van der Waals surface area contributed by atoms with E-state index >= 15 is 0 Å². The van der Waals surface area contributed by atoms with Crippen molar-refractivity contribution in [1.29, 1.82) is 0 Å². The third-order valence-corrected chi connectivity index (χ3v) is 4.03. The van der Waals surface area contributed by atoms with Gasteiger partial charge in [0.05, 0.1) is 0 Å². The Morgan fingerprint density at radius 3 is 2.50 bits per heavy atom. The summed E-state index contributed by atoms with van der Waals surface area (Å²) in [6.45, 7) is 3.78. The lowest BCUT2D eigenvalue weighted by molar-refractivity contribution is -0.137. The second-order valence-corrected chi connectivity index (χ2v) is 5.51.